The van der Waals surface area contributed by atoms with E-state index in [0.29, 0.717) is 4.95 Å². The highest BCUT2D eigenvalue weighted by atomic mass is 79.9. The Hall–Kier alpha value is -0.500. The number of para-hydroxylation sites is 1. The van der Waals surface area contributed by atoms with Crippen molar-refractivity contribution in [3.05, 3.63) is 30.3 Å². The highest BCUT2D eigenvalue weighted by Gasteiger charge is 2.19. The quantitative estimate of drug-likeness (QED) is 0.537. The summed E-state index contributed by atoms with van der Waals surface area (Å²) in [7, 11) is 0. The molecule has 1 aliphatic heterocycles. The zero-order valence-electron chi connectivity index (χ0n) is 7.62. The van der Waals surface area contributed by atoms with Crippen molar-refractivity contribution in [3.63, 3.8) is 0 Å². The van der Waals surface area contributed by atoms with E-state index in [4.69, 9.17) is 0 Å². The second-order valence-corrected chi connectivity index (χ2v) is 4.52. The molecule has 0 amide bonds. The van der Waals surface area contributed by atoms with E-state index in [1.165, 1.54) is 31.5 Å². The molecule has 0 radical (unpaired) electrons. The number of halogens is 1. The van der Waals surface area contributed by atoms with Crippen LogP contribution < -0.4 is 4.90 Å². The first-order chi connectivity index (χ1) is 6.38. The number of benzene rings is 1. The summed E-state index contributed by atoms with van der Waals surface area (Å²) in [5.41, 5.74) is 1.34. The van der Waals surface area contributed by atoms with Crippen LogP contribution in [0.3, 0.4) is 0 Å². The molecule has 13 heavy (non-hydrogen) atoms. The average molecular weight is 240 g/mol. The van der Waals surface area contributed by atoms with Crippen LogP contribution in [0.25, 0.3) is 0 Å². The number of anilines is 1. The Bertz CT molecular complexity index is 260. The lowest BCUT2D eigenvalue weighted by Gasteiger charge is -2.33. The number of hydrogen-bond acceptors (Lipinski definition) is 1. The maximum atomic E-state index is 3.72. The first kappa shape index (κ1) is 9.07. The molecule has 1 aromatic carbocycles. The van der Waals surface area contributed by atoms with Gasteiger partial charge in [0.1, 0.15) is 0 Å². The van der Waals surface area contributed by atoms with Crippen molar-refractivity contribution in [1.82, 2.24) is 0 Å². The fraction of sp³-hybridized carbons (Fsp3) is 0.455. The van der Waals surface area contributed by atoms with Gasteiger partial charge in [-0.25, -0.2) is 0 Å². The largest absolute Gasteiger partial charge is 0.359 e. The summed E-state index contributed by atoms with van der Waals surface area (Å²) in [5.74, 6) is 0. The highest BCUT2D eigenvalue weighted by Crippen LogP contribution is 2.27. The lowest BCUT2D eigenvalue weighted by atomic mass is 10.1. The number of hydrogen-bond donors (Lipinski definition) is 0. The summed E-state index contributed by atoms with van der Waals surface area (Å²) < 4.78 is 0. The molecule has 1 fully saturated rings. The molecule has 0 saturated carbocycles. The van der Waals surface area contributed by atoms with E-state index >= 15 is 0 Å². The van der Waals surface area contributed by atoms with E-state index in [1.807, 2.05) is 0 Å². The van der Waals surface area contributed by atoms with Crippen LogP contribution in [0.4, 0.5) is 5.69 Å². The fourth-order valence-corrected chi connectivity index (χ4v) is 2.57. The molecule has 2 rings (SSSR count). The predicted octanol–water partition coefficient (Wildman–Crippen LogP) is 3.40. The zero-order chi connectivity index (χ0) is 9.10. The SMILES string of the molecule is BrC1CCCCN1c1ccccc1. The monoisotopic (exact) mass is 239 g/mol. The number of nitrogens with zero attached hydrogens (tertiary/aromatic N) is 1. The lowest BCUT2D eigenvalue weighted by molar-refractivity contribution is 0.557. The molecule has 0 aliphatic carbocycles. The Morgan fingerprint density at radius 1 is 1.15 bits per heavy atom. The van der Waals surface area contributed by atoms with Gasteiger partial charge in [0.25, 0.3) is 0 Å². The summed E-state index contributed by atoms with van der Waals surface area (Å²) >= 11 is 3.72. The molecule has 1 unspecified atom stereocenters. The van der Waals surface area contributed by atoms with Gasteiger partial charge in [0.15, 0.2) is 0 Å². The molecule has 0 bridgehead atoms. The van der Waals surface area contributed by atoms with Crippen molar-refractivity contribution >= 4 is 21.6 Å². The van der Waals surface area contributed by atoms with E-state index in [2.05, 4.69) is 51.2 Å². The molecule has 0 aromatic heterocycles. The normalized spacial score (nSPS) is 23.2. The molecule has 1 heterocycles. The Morgan fingerprint density at radius 2 is 1.92 bits per heavy atom. The van der Waals surface area contributed by atoms with Gasteiger partial charge in [0.05, 0.1) is 4.95 Å². The molecule has 1 atom stereocenters. The Morgan fingerprint density at radius 3 is 2.62 bits per heavy atom. The van der Waals surface area contributed by atoms with Gasteiger partial charge in [-0.1, -0.05) is 34.1 Å². The third-order valence-electron chi connectivity index (χ3n) is 2.52. The molecule has 1 nitrogen and oxygen atoms in total. The van der Waals surface area contributed by atoms with Gasteiger partial charge in [-0.2, -0.15) is 0 Å². The van der Waals surface area contributed by atoms with Crippen LogP contribution in [0.1, 0.15) is 19.3 Å². The van der Waals surface area contributed by atoms with Crippen molar-refractivity contribution in [2.45, 2.75) is 24.2 Å². The Labute approximate surface area is 87.9 Å². The van der Waals surface area contributed by atoms with Crippen molar-refractivity contribution in [3.8, 4) is 0 Å². The van der Waals surface area contributed by atoms with Crippen molar-refractivity contribution in [1.29, 1.82) is 0 Å². The molecule has 1 saturated heterocycles. The summed E-state index contributed by atoms with van der Waals surface area (Å²) in [5, 5.41) is 0. The van der Waals surface area contributed by atoms with Crippen LogP contribution in [-0.2, 0) is 0 Å². The van der Waals surface area contributed by atoms with Gasteiger partial charge in [0, 0.05) is 12.2 Å². The third kappa shape index (κ3) is 2.05. The number of alkyl halides is 1. The van der Waals surface area contributed by atoms with E-state index < -0.39 is 0 Å². The molecule has 1 aromatic rings. The van der Waals surface area contributed by atoms with Crippen molar-refractivity contribution < 1.29 is 0 Å². The summed E-state index contributed by atoms with van der Waals surface area (Å²) in [6.45, 7) is 1.18. The molecular formula is C11H14BrN. The topological polar surface area (TPSA) is 3.24 Å². The summed E-state index contributed by atoms with van der Waals surface area (Å²) in [6, 6.07) is 10.6. The van der Waals surface area contributed by atoms with Gasteiger partial charge in [-0.15, -0.1) is 0 Å². The van der Waals surface area contributed by atoms with Crippen LogP contribution in [0.15, 0.2) is 30.3 Å². The van der Waals surface area contributed by atoms with Crippen molar-refractivity contribution in [2.75, 3.05) is 11.4 Å². The van der Waals surface area contributed by atoms with Crippen LogP contribution in [0.2, 0.25) is 0 Å². The van der Waals surface area contributed by atoms with E-state index in [9.17, 15) is 0 Å². The molecular weight excluding hydrogens is 226 g/mol. The Balaban J connectivity index is 2.15. The first-order valence-electron chi connectivity index (χ1n) is 4.84. The molecule has 0 N–H and O–H groups in total. The minimum absolute atomic E-state index is 0.531. The fourth-order valence-electron chi connectivity index (χ4n) is 1.80. The smallest absolute Gasteiger partial charge is 0.0845 e. The molecule has 1 aliphatic rings. The van der Waals surface area contributed by atoms with E-state index in [-0.39, 0.29) is 0 Å². The summed E-state index contributed by atoms with van der Waals surface area (Å²) in [4.78, 5) is 2.97. The maximum Gasteiger partial charge on any atom is 0.0845 e. The molecule has 2 heteroatoms. The molecule has 70 valence electrons. The number of piperidine rings is 1. The molecule has 0 spiro atoms. The van der Waals surface area contributed by atoms with Gasteiger partial charge < -0.3 is 4.90 Å². The van der Waals surface area contributed by atoms with Crippen LogP contribution in [0.5, 0.6) is 0 Å². The van der Waals surface area contributed by atoms with Crippen molar-refractivity contribution in [2.24, 2.45) is 0 Å². The van der Waals surface area contributed by atoms with Crippen LogP contribution in [0, 0.1) is 0 Å². The average Bonchev–Trinajstić information content (AvgIpc) is 2.20. The standard InChI is InChI=1S/C11H14BrN/c12-11-8-4-5-9-13(11)10-6-2-1-3-7-10/h1-3,6-7,11H,4-5,8-9H2. The third-order valence-corrected chi connectivity index (χ3v) is 3.47. The number of rotatable bonds is 1. The van der Waals surface area contributed by atoms with Gasteiger partial charge in [0.2, 0.25) is 0 Å². The van der Waals surface area contributed by atoms with Gasteiger partial charge in [-0.05, 0) is 31.4 Å². The van der Waals surface area contributed by atoms with Crippen LogP contribution in [-0.4, -0.2) is 11.5 Å². The second kappa shape index (κ2) is 4.14. The lowest BCUT2D eigenvalue weighted by Crippen LogP contribution is -2.35. The summed E-state index contributed by atoms with van der Waals surface area (Å²) in [6.07, 6.45) is 3.92. The van der Waals surface area contributed by atoms with E-state index in [0.717, 1.165) is 0 Å². The maximum absolute atomic E-state index is 3.72. The predicted molar refractivity (Wildman–Crippen MR) is 60.4 cm³/mol. The van der Waals surface area contributed by atoms with Gasteiger partial charge >= 0.3 is 0 Å². The zero-order valence-corrected chi connectivity index (χ0v) is 9.20. The second-order valence-electron chi connectivity index (χ2n) is 3.46. The van der Waals surface area contributed by atoms with Gasteiger partial charge in [-0.3, -0.25) is 0 Å². The Kier molecular flexibility index (Phi) is 2.89. The highest BCUT2D eigenvalue weighted by molar-refractivity contribution is 9.09. The minimum atomic E-state index is 0.531. The first-order valence-corrected chi connectivity index (χ1v) is 5.75. The van der Waals surface area contributed by atoms with Crippen LogP contribution >= 0.6 is 15.9 Å². The van der Waals surface area contributed by atoms with E-state index in [1.54, 1.807) is 0 Å². The minimum Gasteiger partial charge on any atom is -0.359 e.